The Bertz CT molecular complexity index is 2640. The maximum absolute atomic E-state index is 14.8. The Morgan fingerprint density at radius 2 is 1.74 bits per heavy atom. The molecule has 1 saturated heterocycles. The Hall–Kier alpha value is -5.78. The molecule has 0 unspecified atom stereocenters. The highest BCUT2D eigenvalue weighted by Gasteiger charge is 2.63. The number of benzene rings is 2. The monoisotopic (exact) mass is 914 g/mol. The quantitative estimate of drug-likeness (QED) is 0.141. The van der Waals surface area contributed by atoms with E-state index in [9.17, 15) is 32.0 Å². The standard InChI is InChI=1S/C47H55FN6O10S/c1-27(2)61-32-18-15-28(16-19-32)40-50-38-34-23-30(48)17-20-37(34)64-39(38)42(51-40)62-33-24-36-41(55)52-47(44(57)53-65(59,60)46(3)21-22-46)25-29(47)11-7-5-4-6-8-14-35(43(56)54(36)26-33)49-45(58)63-31-12-9-10-13-31/h7,11,15-20,23,27,29,31,33,35-36H,4-6,8-10,12-14,21-22,24-26H2,1-3H3,(H,49,58)(H,52,55)(H,53,57)/b11-7-/t29-,33+,35-,36-,47+/m0/s1. The lowest BCUT2D eigenvalue weighted by molar-refractivity contribution is -0.141. The topological polar surface area (TPSA) is 208 Å². The number of halogens is 1. The van der Waals surface area contributed by atoms with Crippen LogP contribution in [0.4, 0.5) is 9.18 Å². The van der Waals surface area contributed by atoms with E-state index >= 15 is 0 Å². The fourth-order valence-corrected chi connectivity index (χ4v) is 10.5. The molecular weight excluding hydrogens is 860 g/mol. The highest BCUT2D eigenvalue weighted by Crippen LogP contribution is 2.48. The van der Waals surface area contributed by atoms with E-state index in [1.54, 1.807) is 31.2 Å². The summed E-state index contributed by atoms with van der Waals surface area (Å²) in [7, 11) is -4.05. The van der Waals surface area contributed by atoms with Crippen LogP contribution < -0.4 is 24.8 Å². The molecule has 9 rings (SSSR count). The van der Waals surface area contributed by atoms with Crippen molar-refractivity contribution in [3.8, 4) is 23.0 Å². The zero-order chi connectivity index (χ0) is 45.7. The van der Waals surface area contributed by atoms with Crippen molar-refractivity contribution >= 4 is 55.9 Å². The summed E-state index contributed by atoms with van der Waals surface area (Å²) in [6, 6.07) is 8.92. The molecule has 4 amide bonds. The summed E-state index contributed by atoms with van der Waals surface area (Å²) in [6.45, 7) is 5.28. The van der Waals surface area contributed by atoms with Gasteiger partial charge in [0, 0.05) is 23.3 Å². The summed E-state index contributed by atoms with van der Waals surface area (Å²) in [5.41, 5.74) is -0.253. The molecule has 0 spiro atoms. The van der Waals surface area contributed by atoms with Gasteiger partial charge in [-0.2, -0.15) is 4.98 Å². The molecule has 4 aromatic rings. The van der Waals surface area contributed by atoms with Crippen molar-refractivity contribution in [2.75, 3.05) is 6.54 Å². The number of rotatable bonds is 10. The average molecular weight is 915 g/mol. The number of ether oxygens (including phenoxy) is 3. The summed E-state index contributed by atoms with van der Waals surface area (Å²) in [4.78, 5) is 67.8. The van der Waals surface area contributed by atoms with Crippen LogP contribution in [-0.4, -0.2) is 94.3 Å². The number of hydrogen-bond acceptors (Lipinski definition) is 12. The van der Waals surface area contributed by atoms with E-state index in [-0.39, 0.29) is 60.8 Å². The fourth-order valence-electron chi connectivity index (χ4n) is 9.19. The number of fused-ring (bicyclic) bond motifs is 5. The van der Waals surface area contributed by atoms with Gasteiger partial charge in [-0.05, 0) is 127 Å². The van der Waals surface area contributed by atoms with Gasteiger partial charge in [0.05, 0.1) is 17.4 Å². The van der Waals surface area contributed by atoms with E-state index in [1.165, 1.54) is 23.1 Å². The van der Waals surface area contributed by atoms with Crippen LogP contribution in [0, 0.1) is 11.7 Å². The van der Waals surface area contributed by atoms with Gasteiger partial charge in [-0.25, -0.2) is 22.6 Å². The zero-order valence-corrected chi connectivity index (χ0v) is 37.6. The van der Waals surface area contributed by atoms with Gasteiger partial charge in [0.15, 0.2) is 5.82 Å². The second-order valence-corrected chi connectivity index (χ2v) is 20.9. The molecule has 65 heavy (non-hydrogen) atoms. The van der Waals surface area contributed by atoms with Crippen LogP contribution in [0.5, 0.6) is 11.6 Å². The van der Waals surface area contributed by atoms with Crippen molar-refractivity contribution in [1.82, 2.24) is 30.2 Å². The highest BCUT2D eigenvalue weighted by atomic mass is 32.2. The molecule has 2 aromatic heterocycles. The highest BCUT2D eigenvalue weighted by molar-refractivity contribution is 7.91. The average Bonchev–Trinajstić information content (AvgIpc) is 3.93. The molecule has 2 aromatic carbocycles. The number of carbonyl (C=O) groups is 4. The molecule has 3 aliphatic carbocycles. The Labute approximate surface area is 376 Å². The Morgan fingerprint density at radius 1 is 0.985 bits per heavy atom. The van der Waals surface area contributed by atoms with Crippen molar-refractivity contribution in [2.45, 2.75) is 145 Å². The molecule has 0 radical (unpaired) electrons. The third-order valence-corrected chi connectivity index (χ3v) is 15.5. The van der Waals surface area contributed by atoms with Crippen LogP contribution in [0.15, 0.2) is 59.0 Å². The SMILES string of the molecule is CC(C)Oc1ccc(-c2nc(O[C@@H]3C[C@H]4C(=O)N[C@]5(C(=O)NS(=O)(=O)C6(C)CC6)C[C@@H]5/C=C\CCCCC[C@H](NC(=O)OC5CCCC5)C(=O)N4C3)c3oc4ccc(F)cc4c3n2)cc1. The maximum Gasteiger partial charge on any atom is 0.408 e. The van der Waals surface area contributed by atoms with Crippen LogP contribution in [0.3, 0.4) is 0 Å². The normalized spacial score (nSPS) is 26.4. The van der Waals surface area contributed by atoms with Crippen LogP contribution in [-0.2, 0) is 29.1 Å². The van der Waals surface area contributed by atoms with E-state index < -0.39 is 74.0 Å². The van der Waals surface area contributed by atoms with Gasteiger partial charge in [-0.1, -0.05) is 25.0 Å². The van der Waals surface area contributed by atoms with Gasteiger partial charge in [-0.15, -0.1) is 0 Å². The largest absolute Gasteiger partial charge is 0.491 e. The second-order valence-electron chi connectivity index (χ2n) is 18.7. The minimum atomic E-state index is -4.05. The fraction of sp³-hybridized carbons (Fsp3) is 0.532. The molecule has 3 N–H and O–H groups in total. The van der Waals surface area contributed by atoms with Crippen molar-refractivity contribution in [3.63, 3.8) is 0 Å². The van der Waals surface area contributed by atoms with Gasteiger partial charge >= 0.3 is 6.09 Å². The molecule has 5 atom stereocenters. The minimum absolute atomic E-state index is 0.0125. The van der Waals surface area contributed by atoms with Gasteiger partial charge < -0.3 is 34.2 Å². The van der Waals surface area contributed by atoms with Gasteiger partial charge in [0.2, 0.25) is 27.4 Å². The molecule has 18 heteroatoms. The van der Waals surface area contributed by atoms with E-state index in [0.29, 0.717) is 48.0 Å². The van der Waals surface area contributed by atoms with Crippen LogP contribution in [0.2, 0.25) is 0 Å². The third-order valence-electron chi connectivity index (χ3n) is 13.3. The lowest BCUT2D eigenvalue weighted by Gasteiger charge is -2.30. The molecule has 0 bridgehead atoms. The van der Waals surface area contributed by atoms with Gasteiger partial charge in [0.25, 0.3) is 11.8 Å². The molecular formula is C47H55FN6O10S. The number of hydrogen-bond donors (Lipinski definition) is 3. The molecule has 2 aliphatic heterocycles. The second kappa shape index (κ2) is 17.5. The van der Waals surface area contributed by atoms with E-state index in [1.807, 2.05) is 26.0 Å². The van der Waals surface area contributed by atoms with Crippen molar-refractivity contribution in [1.29, 1.82) is 0 Å². The number of nitrogens with zero attached hydrogens (tertiary/aromatic N) is 3. The first-order valence-electron chi connectivity index (χ1n) is 22.8. The van der Waals surface area contributed by atoms with Crippen molar-refractivity contribution in [2.24, 2.45) is 5.92 Å². The maximum atomic E-state index is 14.8. The summed E-state index contributed by atoms with van der Waals surface area (Å²) in [5, 5.41) is 6.08. The number of amides is 4. The molecule has 346 valence electrons. The Morgan fingerprint density at radius 3 is 2.48 bits per heavy atom. The first kappa shape index (κ1) is 44.4. The molecule has 5 aliphatic rings. The lowest BCUT2D eigenvalue weighted by atomic mass is 10.0. The van der Waals surface area contributed by atoms with Crippen molar-refractivity contribution < 1.29 is 50.6 Å². The number of allylic oxidation sites excluding steroid dienone is 1. The van der Waals surface area contributed by atoms with E-state index in [0.717, 1.165) is 38.5 Å². The van der Waals surface area contributed by atoms with Crippen LogP contribution in [0.1, 0.15) is 104 Å². The number of aromatic nitrogens is 2. The Kier molecular flexibility index (Phi) is 12.0. The predicted octanol–water partition coefficient (Wildman–Crippen LogP) is 6.75. The minimum Gasteiger partial charge on any atom is -0.491 e. The smallest absolute Gasteiger partial charge is 0.408 e. The predicted molar refractivity (Wildman–Crippen MR) is 237 cm³/mol. The van der Waals surface area contributed by atoms with Crippen LogP contribution >= 0.6 is 0 Å². The summed E-state index contributed by atoms with van der Waals surface area (Å²) in [6.07, 6.45) is 9.13. The number of carbonyl (C=O) groups excluding carboxylic acids is 4. The van der Waals surface area contributed by atoms with Crippen LogP contribution in [0.25, 0.3) is 33.5 Å². The lowest BCUT2D eigenvalue weighted by Crippen LogP contribution is -2.58. The number of sulfonamides is 1. The molecule has 4 heterocycles. The molecule has 4 fully saturated rings. The summed E-state index contributed by atoms with van der Waals surface area (Å²) >= 11 is 0. The Balaban J connectivity index is 1.06. The first-order valence-corrected chi connectivity index (χ1v) is 24.3. The first-order chi connectivity index (χ1) is 31.1. The van der Waals surface area contributed by atoms with Gasteiger partial charge in [-0.3, -0.25) is 19.1 Å². The van der Waals surface area contributed by atoms with E-state index in [2.05, 4.69) is 15.4 Å². The number of furan rings is 1. The summed E-state index contributed by atoms with van der Waals surface area (Å²) in [5.74, 6) is -2.20. The summed E-state index contributed by atoms with van der Waals surface area (Å²) < 4.78 is 66.8. The van der Waals surface area contributed by atoms with E-state index in [4.69, 9.17) is 28.6 Å². The zero-order valence-electron chi connectivity index (χ0n) is 36.8. The number of nitrogens with one attached hydrogen (secondary N) is 3. The van der Waals surface area contributed by atoms with Gasteiger partial charge in [0.1, 0.15) is 52.5 Å². The van der Waals surface area contributed by atoms with Crippen molar-refractivity contribution in [3.05, 3.63) is 60.4 Å². The third kappa shape index (κ3) is 9.23. The molecule has 16 nitrogen and oxygen atoms in total. The molecule has 3 saturated carbocycles. The number of alkyl carbamates (subject to hydrolysis) is 1.